The van der Waals surface area contributed by atoms with Gasteiger partial charge in [-0.3, -0.25) is 9.69 Å². The average molecular weight is 383 g/mol. The number of carbonyl (C=O) groups excluding carboxylic acids is 3. The van der Waals surface area contributed by atoms with E-state index in [1.165, 1.54) is 11.3 Å². The summed E-state index contributed by atoms with van der Waals surface area (Å²) in [5.41, 5.74) is 2.80. The molecule has 1 aromatic carbocycles. The van der Waals surface area contributed by atoms with Crippen molar-refractivity contribution in [3.63, 3.8) is 0 Å². The Morgan fingerprint density at radius 2 is 1.89 bits per heavy atom. The van der Waals surface area contributed by atoms with Crippen molar-refractivity contribution in [2.75, 3.05) is 13.2 Å². The fourth-order valence-corrected chi connectivity index (χ4v) is 4.15. The quantitative estimate of drug-likeness (QED) is 0.781. The van der Waals surface area contributed by atoms with Gasteiger partial charge in [0.05, 0.1) is 17.3 Å². The van der Waals surface area contributed by atoms with Gasteiger partial charge in [-0.15, -0.1) is 0 Å². The number of aryl methyl sites for hydroxylation is 1. The van der Waals surface area contributed by atoms with Crippen molar-refractivity contribution in [3.8, 4) is 0 Å². The Balaban J connectivity index is 1.54. The van der Waals surface area contributed by atoms with Crippen LogP contribution in [0.4, 0.5) is 4.79 Å². The summed E-state index contributed by atoms with van der Waals surface area (Å²) < 4.78 is 5.21. The molecule has 1 fully saturated rings. The minimum Gasteiger partial charge on any atom is -0.456 e. The molecule has 0 unspecified atom stereocenters. The molecule has 3 aliphatic rings. The zero-order valence-corrected chi connectivity index (χ0v) is 16.0. The van der Waals surface area contributed by atoms with E-state index in [1.54, 1.807) is 0 Å². The number of urea groups is 1. The first-order valence-corrected chi connectivity index (χ1v) is 9.87. The summed E-state index contributed by atoms with van der Waals surface area (Å²) in [5, 5.41) is 5.88. The van der Waals surface area contributed by atoms with Crippen molar-refractivity contribution in [3.05, 3.63) is 46.7 Å². The molecule has 2 N–H and O–H groups in total. The summed E-state index contributed by atoms with van der Waals surface area (Å²) in [6.45, 7) is 1.88. The Bertz CT molecular complexity index is 825. The van der Waals surface area contributed by atoms with Gasteiger partial charge in [-0.1, -0.05) is 49.1 Å². The highest BCUT2D eigenvalue weighted by atomic mass is 16.5. The molecule has 0 saturated heterocycles. The number of esters is 1. The summed E-state index contributed by atoms with van der Waals surface area (Å²) in [7, 11) is 0. The van der Waals surface area contributed by atoms with E-state index in [-0.39, 0.29) is 31.1 Å². The minimum absolute atomic E-state index is 0.0145. The lowest BCUT2D eigenvalue weighted by atomic mass is 9.95. The highest BCUT2D eigenvalue weighted by molar-refractivity contribution is 5.98. The number of carbonyl (C=O) groups is 3. The molecule has 7 heteroatoms. The van der Waals surface area contributed by atoms with E-state index in [9.17, 15) is 14.4 Å². The van der Waals surface area contributed by atoms with Crippen LogP contribution >= 0.6 is 0 Å². The third kappa shape index (κ3) is 3.61. The fourth-order valence-electron chi connectivity index (χ4n) is 4.15. The number of cyclic esters (lactones) is 1. The normalized spacial score (nSPS) is 22.6. The van der Waals surface area contributed by atoms with Gasteiger partial charge in [-0.05, 0) is 25.3 Å². The maximum Gasteiger partial charge on any atom is 0.338 e. The Hall–Kier alpha value is -2.83. The topological polar surface area (TPSA) is 87.7 Å². The van der Waals surface area contributed by atoms with Crippen LogP contribution in [0, 0.1) is 6.92 Å². The number of nitrogens with zero attached hydrogens (tertiary/aromatic N) is 1. The van der Waals surface area contributed by atoms with Crippen LogP contribution in [0.2, 0.25) is 0 Å². The van der Waals surface area contributed by atoms with Crippen LogP contribution in [0.1, 0.15) is 49.3 Å². The van der Waals surface area contributed by atoms with Crippen LogP contribution in [0.15, 0.2) is 35.5 Å². The molecule has 148 valence electrons. The van der Waals surface area contributed by atoms with E-state index in [4.69, 9.17) is 4.74 Å². The number of hydrogen-bond donors (Lipinski definition) is 2. The minimum atomic E-state index is -0.559. The molecular formula is C21H25N3O4. The highest BCUT2D eigenvalue weighted by Crippen LogP contribution is 2.35. The Kier molecular flexibility index (Phi) is 5.07. The van der Waals surface area contributed by atoms with Gasteiger partial charge in [-0.2, -0.15) is 0 Å². The van der Waals surface area contributed by atoms with Crippen molar-refractivity contribution in [2.45, 2.75) is 51.1 Å². The van der Waals surface area contributed by atoms with Gasteiger partial charge in [0.2, 0.25) is 5.91 Å². The van der Waals surface area contributed by atoms with E-state index in [2.05, 4.69) is 10.6 Å². The number of nitrogens with one attached hydrogen (secondary N) is 2. The lowest BCUT2D eigenvalue weighted by Crippen LogP contribution is -2.51. The second-order valence-electron chi connectivity index (χ2n) is 7.72. The van der Waals surface area contributed by atoms with E-state index in [0.29, 0.717) is 11.3 Å². The first kappa shape index (κ1) is 18.5. The molecule has 1 aromatic rings. The van der Waals surface area contributed by atoms with Crippen molar-refractivity contribution >= 4 is 17.9 Å². The highest BCUT2D eigenvalue weighted by Gasteiger charge is 2.42. The second-order valence-corrected chi connectivity index (χ2v) is 7.72. The standard InChI is InChI=1S/C21H25N3O4/c1-13-7-9-14(10-8-13)19-18-16(12-28-20(18)26)24(21(27)23-19)11-17(25)22-15-5-3-2-4-6-15/h7-10,15,19H,2-6,11-12H2,1H3,(H,22,25)(H,23,27)/t19-/m0/s1. The van der Waals surface area contributed by atoms with Crippen LogP contribution in [0.5, 0.6) is 0 Å². The molecule has 1 saturated carbocycles. The van der Waals surface area contributed by atoms with Crippen molar-refractivity contribution in [1.29, 1.82) is 0 Å². The third-order valence-electron chi connectivity index (χ3n) is 5.68. The van der Waals surface area contributed by atoms with Gasteiger partial charge >= 0.3 is 12.0 Å². The van der Waals surface area contributed by atoms with Crippen LogP contribution in [-0.2, 0) is 14.3 Å². The van der Waals surface area contributed by atoms with Crippen molar-refractivity contribution < 1.29 is 19.1 Å². The average Bonchev–Trinajstić information content (AvgIpc) is 3.07. The second kappa shape index (κ2) is 7.66. The summed E-state index contributed by atoms with van der Waals surface area (Å²) >= 11 is 0. The molecule has 1 atom stereocenters. The molecule has 7 nitrogen and oxygen atoms in total. The fraction of sp³-hybridized carbons (Fsp3) is 0.476. The first-order valence-electron chi connectivity index (χ1n) is 9.87. The molecule has 0 bridgehead atoms. The summed E-state index contributed by atoms with van der Waals surface area (Å²) in [6.07, 6.45) is 5.39. The molecule has 2 aliphatic heterocycles. The summed E-state index contributed by atoms with van der Waals surface area (Å²) in [4.78, 5) is 39.0. The molecule has 28 heavy (non-hydrogen) atoms. The number of amides is 3. The lowest BCUT2D eigenvalue weighted by molar-refractivity contribution is -0.136. The molecule has 1 aliphatic carbocycles. The zero-order chi connectivity index (χ0) is 19.7. The summed E-state index contributed by atoms with van der Waals surface area (Å²) in [6, 6.07) is 6.88. The van der Waals surface area contributed by atoms with E-state index >= 15 is 0 Å². The van der Waals surface area contributed by atoms with Gasteiger partial charge in [0.15, 0.2) is 0 Å². The van der Waals surface area contributed by atoms with Crippen LogP contribution < -0.4 is 10.6 Å². The maximum atomic E-state index is 12.8. The summed E-state index contributed by atoms with van der Waals surface area (Å²) in [5.74, 6) is -0.653. The van der Waals surface area contributed by atoms with Gasteiger partial charge in [0.25, 0.3) is 0 Å². The molecule has 0 spiro atoms. The van der Waals surface area contributed by atoms with Gasteiger partial charge in [0, 0.05) is 6.04 Å². The van der Waals surface area contributed by atoms with Crippen LogP contribution in [0.3, 0.4) is 0 Å². The lowest BCUT2D eigenvalue weighted by Gasteiger charge is -2.33. The molecule has 0 radical (unpaired) electrons. The molecule has 0 aromatic heterocycles. The largest absolute Gasteiger partial charge is 0.456 e. The molecular weight excluding hydrogens is 358 g/mol. The van der Waals surface area contributed by atoms with Gasteiger partial charge in [-0.25, -0.2) is 9.59 Å². The van der Waals surface area contributed by atoms with Gasteiger partial charge < -0.3 is 15.4 Å². The Morgan fingerprint density at radius 1 is 1.18 bits per heavy atom. The molecule has 2 heterocycles. The molecule has 4 rings (SSSR count). The SMILES string of the molecule is Cc1ccc([C@@H]2NC(=O)N(CC(=O)NC3CCCCC3)C3=C2C(=O)OC3)cc1. The predicted octanol–water partition coefficient (Wildman–Crippen LogP) is 2.32. The number of benzene rings is 1. The monoisotopic (exact) mass is 383 g/mol. The smallest absolute Gasteiger partial charge is 0.338 e. The maximum absolute atomic E-state index is 12.8. The number of hydrogen-bond acceptors (Lipinski definition) is 4. The number of rotatable bonds is 4. The zero-order valence-electron chi connectivity index (χ0n) is 16.0. The third-order valence-corrected chi connectivity index (χ3v) is 5.68. The van der Waals surface area contributed by atoms with Crippen molar-refractivity contribution in [2.24, 2.45) is 0 Å². The Labute approximate surface area is 164 Å². The molecule has 3 amide bonds. The van der Waals surface area contributed by atoms with Crippen LogP contribution in [0.25, 0.3) is 0 Å². The Morgan fingerprint density at radius 3 is 2.61 bits per heavy atom. The number of ether oxygens (including phenoxy) is 1. The van der Waals surface area contributed by atoms with E-state index in [1.807, 2.05) is 31.2 Å². The first-order chi connectivity index (χ1) is 13.5. The predicted molar refractivity (Wildman–Crippen MR) is 102 cm³/mol. The van der Waals surface area contributed by atoms with Crippen molar-refractivity contribution in [1.82, 2.24) is 15.5 Å². The van der Waals surface area contributed by atoms with Crippen LogP contribution in [-0.4, -0.2) is 42.0 Å². The van der Waals surface area contributed by atoms with E-state index < -0.39 is 12.0 Å². The van der Waals surface area contributed by atoms with Gasteiger partial charge in [0.1, 0.15) is 13.2 Å². The van der Waals surface area contributed by atoms with E-state index in [0.717, 1.165) is 36.8 Å².